The van der Waals surface area contributed by atoms with Gasteiger partial charge in [-0.15, -0.1) is 0 Å². The van der Waals surface area contributed by atoms with Crippen LogP contribution in [0.3, 0.4) is 0 Å². The molecule has 1 aliphatic heterocycles. The number of urea groups is 1. The number of amides is 2. The Morgan fingerprint density at radius 1 is 1.29 bits per heavy atom. The summed E-state index contributed by atoms with van der Waals surface area (Å²) in [5.41, 5.74) is 0. The average Bonchev–Trinajstić information content (AvgIpc) is 2.90. The molecule has 4 unspecified atom stereocenters. The monoisotopic (exact) mass is 300 g/mol. The first kappa shape index (κ1) is 16.0. The van der Waals surface area contributed by atoms with Crippen molar-refractivity contribution in [3.05, 3.63) is 0 Å². The van der Waals surface area contributed by atoms with Gasteiger partial charge in [-0.3, -0.25) is 0 Å². The number of aliphatic hydroxyl groups is 1. The molecule has 2 rings (SSSR count). The van der Waals surface area contributed by atoms with Crippen molar-refractivity contribution in [2.24, 2.45) is 0 Å². The third kappa shape index (κ3) is 3.29. The number of carboxylic acid groups (broad SMARTS) is 1. The zero-order valence-corrected chi connectivity index (χ0v) is 12.6. The molecule has 1 saturated heterocycles. The summed E-state index contributed by atoms with van der Waals surface area (Å²) >= 11 is 0. The van der Waals surface area contributed by atoms with Crippen molar-refractivity contribution in [3.63, 3.8) is 0 Å². The van der Waals surface area contributed by atoms with E-state index in [9.17, 15) is 19.8 Å². The Kier molecular flexibility index (Phi) is 5.05. The number of rotatable bonds is 3. The van der Waals surface area contributed by atoms with Crippen LogP contribution in [0, 0.1) is 0 Å². The van der Waals surface area contributed by atoms with E-state index in [1.54, 1.807) is 7.05 Å². The van der Waals surface area contributed by atoms with Crippen molar-refractivity contribution >= 4 is 12.0 Å². The summed E-state index contributed by atoms with van der Waals surface area (Å²) in [5, 5.41) is 19.3. The van der Waals surface area contributed by atoms with Crippen LogP contribution in [0.1, 0.15) is 32.1 Å². The highest BCUT2D eigenvalue weighted by molar-refractivity contribution is 5.83. The van der Waals surface area contributed by atoms with Crippen molar-refractivity contribution in [3.8, 4) is 0 Å². The number of hydrogen-bond acceptors (Lipinski definition) is 4. The molecule has 21 heavy (non-hydrogen) atoms. The number of aliphatic carboxylic acids is 1. The Balaban J connectivity index is 2.08. The number of methoxy groups -OCH3 is 1. The Hall–Kier alpha value is -1.34. The summed E-state index contributed by atoms with van der Waals surface area (Å²) in [7, 11) is 3.16. The molecule has 1 saturated carbocycles. The van der Waals surface area contributed by atoms with E-state index in [4.69, 9.17) is 4.74 Å². The molecule has 0 aromatic rings. The van der Waals surface area contributed by atoms with Crippen LogP contribution in [0.5, 0.6) is 0 Å². The van der Waals surface area contributed by atoms with Gasteiger partial charge in [0.25, 0.3) is 0 Å². The summed E-state index contributed by atoms with van der Waals surface area (Å²) < 4.78 is 5.19. The molecule has 0 aromatic heterocycles. The van der Waals surface area contributed by atoms with E-state index in [-0.39, 0.29) is 24.7 Å². The fourth-order valence-corrected chi connectivity index (χ4v) is 3.30. The summed E-state index contributed by atoms with van der Waals surface area (Å²) in [6.45, 7) is 0.277. The Bertz CT molecular complexity index is 403. The molecule has 0 radical (unpaired) electrons. The molecule has 2 fully saturated rings. The highest BCUT2D eigenvalue weighted by Crippen LogP contribution is 2.26. The van der Waals surface area contributed by atoms with Crippen molar-refractivity contribution in [2.75, 3.05) is 20.7 Å². The van der Waals surface area contributed by atoms with Crippen molar-refractivity contribution < 1.29 is 24.5 Å². The highest BCUT2D eigenvalue weighted by atomic mass is 16.5. The Morgan fingerprint density at radius 2 is 1.95 bits per heavy atom. The number of carbonyl (C=O) groups excluding carboxylic acids is 1. The maximum absolute atomic E-state index is 12.6. The quantitative estimate of drug-likeness (QED) is 0.793. The van der Waals surface area contributed by atoms with E-state index in [0.717, 1.165) is 19.3 Å². The molecule has 0 aromatic carbocycles. The Labute approximate surface area is 124 Å². The minimum atomic E-state index is -1.01. The largest absolute Gasteiger partial charge is 0.480 e. The van der Waals surface area contributed by atoms with Gasteiger partial charge in [0.2, 0.25) is 0 Å². The van der Waals surface area contributed by atoms with Crippen LogP contribution >= 0.6 is 0 Å². The molecule has 2 N–H and O–H groups in total. The molecule has 4 atom stereocenters. The molecule has 1 aliphatic carbocycles. The summed E-state index contributed by atoms with van der Waals surface area (Å²) in [6, 6.07) is -1.43. The van der Waals surface area contributed by atoms with Crippen LogP contribution in [-0.2, 0) is 9.53 Å². The van der Waals surface area contributed by atoms with Gasteiger partial charge in [0.15, 0.2) is 0 Å². The van der Waals surface area contributed by atoms with Crippen LogP contribution in [0.15, 0.2) is 0 Å². The van der Waals surface area contributed by atoms with Gasteiger partial charge < -0.3 is 24.7 Å². The topological polar surface area (TPSA) is 90.3 Å². The lowest BCUT2D eigenvalue weighted by Gasteiger charge is -2.37. The standard InChI is InChI=1S/C14H24N2O5/c1-15(10-5-3-4-6-12(10)17)14(20)16-8-9(21-2)7-11(16)13(18)19/h9-12,17H,3-8H2,1-2H3,(H,18,19). The number of carbonyl (C=O) groups is 2. The fourth-order valence-electron chi connectivity index (χ4n) is 3.30. The van der Waals surface area contributed by atoms with Gasteiger partial charge in [-0.1, -0.05) is 12.8 Å². The summed E-state index contributed by atoms with van der Waals surface area (Å²) in [6.07, 6.45) is 2.90. The molecule has 2 amide bonds. The van der Waals surface area contributed by atoms with Crippen molar-refractivity contribution in [2.45, 2.75) is 56.4 Å². The molecule has 7 heteroatoms. The van der Waals surface area contributed by atoms with Gasteiger partial charge in [-0.05, 0) is 12.8 Å². The van der Waals surface area contributed by atoms with Gasteiger partial charge in [0.05, 0.1) is 18.2 Å². The third-order valence-corrected chi connectivity index (χ3v) is 4.62. The second-order valence-corrected chi connectivity index (χ2v) is 5.91. The summed E-state index contributed by atoms with van der Waals surface area (Å²) in [5.74, 6) is -1.01. The van der Waals surface area contributed by atoms with Gasteiger partial charge in [0, 0.05) is 27.1 Å². The molecule has 0 spiro atoms. The van der Waals surface area contributed by atoms with Crippen LogP contribution in [0.4, 0.5) is 4.79 Å². The molecule has 120 valence electrons. The number of hydrogen-bond donors (Lipinski definition) is 2. The lowest BCUT2D eigenvalue weighted by atomic mass is 9.92. The maximum atomic E-state index is 12.6. The molecule has 1 heterocycles. The number of nitrogens with zero attached hydrogens (tertiary/aromatic N) is 2. The van der Waals surface area contributed by atoms with Gasteiger partial charge in [-0.2, -0.15) is 0 Å². The van der Waals surface area contributed by atoms with Crippen LogP contribution < -0.4 is 0 Å². The smallest absolute Gasteiger partial charge is 0.326 e. The van der Waals surface area contributed by atoms with E-state index in [2.05, 4.69) is 0 Å². The predicted molar refractivity (Wildman–Crippen MR) is 75.0 cm³/mol. The number of ether oxygens (including phenoxy) is 1. The molecule has 7 nitrogen and oxygen atoms in total. The SMILES string of the molecule is COC1CC(C(=O)O)N(C(=O)N(C)C2CCCCC2O)C1. The average molecular weight is 300 g/mol. The van der Waals surface area contributed by atoms with Gasteiger partial charge in [-0.25, -0.2) is 9.59 Å². The molecule has 0 bridgehead atoms. The van der Waals surface area contributed by atoms with Gasteiger partial charge in [0.1, 0.15) is 6.04 Å². The molecule has 2 aliphatic rings. The van der Waals surface area contributed by atoms with Crippen molar-refractivity contribution in [1.29, 1.82) is 0 Å². The number of likely N-dealkylation sites (N-methyl/N-ethyl adjacent to an activating group) is 1. The minimum absolute atomic E-state index is 0.234. The predicted octanol–water partition coefficient (Wildman–Crippen LogP) is 0.516. The van der Waals surface area contributed by atoms with E-state index in [1.807, 2.05) is 0 Å². The van der Waals surface area contributed by atoms with Crippen molar-refractivity contribution in [1.82, 2.24) is 9.80 Å². The van der Waals surface area contributed by atoms with Crippen LogP contribution in [-0.4, -0.2) is 77.0 Å². The van der Waals surface area contributed by atoms with Gasteiger partial charge >= 0.3 is 12.0 Å². The second kappa shape index (κ2) is 6.62. The highest BCUT2D eigenvalue weighted by Gasteiger charge is 2.42. The number of carboxylic acids is 1. The number of aliphatic hydroxyl groups excluding tert-OH is 1. The molecular weight excluding hydrogens is 276 g/mol. The van der Waals surface area contributed by atoms with Crippen LogP contribution in [0.2, 0.25) is 0 Å². The third-order valence-electron chi connectivity index (χ3n) is 4.62. The van der Waals surface area contributed by atoms with E-state index < -0.39 is 18.1 Å². The minimum Gasteiger partial charge on any atom is -0.480 e. The zero-order valence-electron chi connectivity index (χ0n) is 12.6. The normalized spacial score (nSPS) is 33.0. The van der Waals surface area contributed by atoms with E-state index in [0.29, 0.717) is 12.8 Å². The first-order valence-electron chi connectivity index (χ1n) is 7.42. The number of likely N-dealkylation sites (tertiary alicyclic amines) is 1. The van der Waals surface area contributed by atoms with E-state index >= 15 is 0 Å². The van der Waals surface area contributed by atoms with E-state index in [1.165, 1.54) is 16.9 Å². The zero-order chi connectivity index (χ0) is 15.6. The molecular formula is C14H24N2O5. The Morgan fingerprint density at radius 3 is 2.52 bits per heavy atom. The summed E-state index contributed by atoms with van der Waals surface area (Å²) in [4.78, 5) is 26.8. The first-order chi connectivity index (χ1) is 9.95. The van der Waals surface area contributed by atoms with Crippen LogP contribution in [0.25, 0.3) is 0 Å². The lowest BCUT2D eigenvalue weighted by molar-refractivity contribution is -0.141. The fraction of sp³-hybridized carbons (Fsp3) is 0.857. The first-order valence-corrected chi connectivity index (χ1v) is 7.42. The maximum Gasteiger partial charge on any atom is 0.326 e. The second-order valence-electron chi connectivity index (χ2n) is 5.91. The lowest BCUT2D eigenvalue weighted by Crippen LogP contribution is -2.53.